The first-order chi connectivity index (χ1) is 10.7. The molecule has 0 N–H and O–H groups in total. The summed E-state index contributed by atoms with van der Waals surface area (Å²) in [5.41, 5.74) is -0.245. The number of hydrogen-bond donors (Lipinski definition) is 0. The molecule has 4 rings (SSSR count). The largest absolute Gasteiger partial charge is 0.340 e. The number of likely N-dealkylation sites (tertiary alicyclic amines) is 2. The lowest BCUT2D eigenvalue weighted by atomic mass is 9.85. The zero-order chi connectivity index (χ0) is 15.2. The van der Waals surface area contributed by atoms with Crippen LogP contribution in [0.15, 0.2) is 17.5 Å². The van der Waals surface area contributed by atoms with Crippen molar-refractivity contribution in [2.24, 2.45) is 5.92 Å². The minimum Gasteiger partial charge on any atom is -0.340 e. The van der Waals surface area contributed by atoms with E-state index >= 15 is 0 Å². The molecule has 2 amide bonds. The number of carbonyl (C=O) groups is 2. The van der Waals surface area contributed by atoms with Crippen molar-refractivity contribution >= 4 is 23.2 Å². The Hall–Kier alpha value is -1.36. The Morgan fingerprint density at radius 3 is 2.95 bits per heavy atom. The van der Waals surface area contributed by atoms with Gasteiger partial charge in [0.05, 0.1) is 16.8 Å². The Kier molecular flexibility index (Phi) is 3.48. The van der Waals surface area contributed by atoms with Crippen LogP contribution in [0.3, 0.4) is 0 Å². The first-order valence-electron chi connectivity index (χ1n) is 8.31. The van der Waals surface area contributed by atoms with Crippen LogP contribution in [0.5, 0.6) is 0 Å². The number of carbonyl (C=O) groups excluding carboxylic acids is 2. The smallest absolute Gasteiger partial charge is 0.264 e. The van der Waals surface area contributed by atoms with Crippen LogP contribution >= 0.6 is 11.3 Å². The highest BCUT2D eigenvalue weighted by molar-refractivity contribution is 7.12. The lowest BCUT2D eigenvalue weighted by Crippen LogP contribution is -2.56. The van der Waals surface area contributed by atoms with Crippen LogP contribution < -0.4 is 0 Å². The molecular formula is C17H22N2O2S. The average Bonchev–Trinajstić information content (AvgIpc) is 3.05. The molecule has 1 spiro atoms. The van der Waals surface area contributed by atoms with Crippen molar-refractivity contribution in [3.8, 4) is 0 Å². The number of amides is 2. The van der Waals surface area contributed by atoms with Gasteiger partial charge in [-0.2, -0.15) is 0 Å². The lowest BCUT2D eigenvalue weighted by molar-refractivity contribution is -0.128. The minimum absolute atomic E-state index is 0.121. The fourth-order valence-electron chi connectivity index (χ4n) is 3.97. The van der Waals surface area contributed by atoms with E-state index in [1.165, 1.54) is 24.2 Å². The molecule has 2 aliphatic heterocycles. The fraction of sp³-hybridized carbons (Fsp3) is 0.647. The van der Waals surface area contributed by atoms with Gasteiger partial charge in [-0.05, 0) is 49.5 Å². The predicted octanol–water partition coefficient (Wildman–Crippen LogP) is 2.76. The summed E-state index contributed by atoms with van der Waals surface area (Å²) in [6.45, 7) is 2.45. The SMILES string of the molecule is O=C1C[C@@]2(CCCCN2C(=O)c2cccs2)CN1CC1CC1. The standard InChI is InChI=1S/C17H22N2O2S/c20-15-10-17(12-18(15)11-13-5-6-13)7-1-2-8-19(17)16(21)14-4-3-9-22-14/h3-4,9,13H,1-2,5-8,10-12H2/t17-/m0/s1. The molecule has 3 heterocycles. The van der Waals surface area contributed by atoms with Gasteiger partial charge < -0.3 is 9.80 Å². The van der Waals surface area contributed by atoms with Crippen LogP contribution in [0.1, 0.15) is 48.2 Å². The average molecular weight is 318 g/mol. The molecule has 0 aromatic carbocycles. The summed E-state index contributed by atoms with van der Waals surface area (Å²) in [5.74, 6) is 1.08. The molecule has 1 saturated carbocycles. The van der Waals surface area contributed by atoms with Gasteiger partial charge in [-0.25, -0.2) is 0 Å². The Morgan fingerprint density at radius 2 is 2.23 bits per heavy atom. The number of nitrogens with zero attached hydrogens (tertiary/aromatic N) is 2. The van der Waals surface area contributed by atoms with Crippen LogP contribution in [-0.4, -0.2) is 46.8 Å². The van der Waals surface area contributed by atoms with Crippen LogP contribution in [0.4, 0.5) is 0 Å². The van der Waals surface area contributed by atoms with Gasteiger partial charge in [-0.3, -0.25) is 9.59 Å². The van der Waals surface area contributed by atoms with Crippen LogP contribution in [0.2, 0.25) is 0 Å². The molecule has 0 unspecified atom stereocenters. The normalized spacial score (nSPS) is 28.6. The molecular weight excluding hydrogens is 296 g/mol. The van der Waals surface area contributed by atoms with Gasteiger partial charge in [0.1, 0.15) is 0 Å². The molecule has 4 nitrogen and oxygen atoms in total. The predicted molar refractivity (Wildman–Crippen MR) is 85.9 cm³/mol. The molecule has 3 aliphatic rings. The molecule has 0 radical (unpaired) electrons. The molecule has 1 atom stereocenters. The van der Waals surface area contributed by atoms with Gasteiger partial charge in [0.25, 0.3) is 5.91 Å². The van der Waals surface area contributed by atoms with E-state index in [1.54, 1.807) is 0 Å². The highest BCUT2D eigenvalue weighted by Crippen LogP contribution is 2.40. The Labute approximate surface area is 135 Å². The molecule has 2 saturated heterocycles. The molecule has 0 bridgehead atoms. The summed E-state index contributed by atoms with van der Waals surface area (Å²) < 4.78 is 0. The maximum Gasteiger partial charge on any atom is 0.264 e. The second-order valence-corrected chi connectivity index (χ2v) is 7.96. The van der Waals surface area contributed by atoms with Crippen LogP contribution in [0, 0.1) is 5.92 Å². The van der Waals surface area contributed by atoms with E-state index in [4.69, 9.17) is 0 Å². The third-order valence-electron chi connectivity index (χ3n) is 5.32. The van der Waals surface area contributed by atoms with Crippen molar-refractivity contribution in [2.75, 3.05) is 19.6 Å². The molecule has 118 valence electrons. The van der Waals surface area contributed by atoms with Gasteiger partial charge in [0.2, 0.25) is 5.91 Å². The maximum absolute atomic E-state index is 12.9. The van der Waals surface area contributed by atoms with Crippen LogP contribution in [0.25, 0.3) is 0 Å². The van der Waals surface area contributed by atoms with E-state index in [-0.39, 0.29) is 17.4 Å². The molecule has 3 fully saturated rings. The number of rotatable bonds is 3. The van der Waals surface area contributed by atoms with E-state index in [1.807, 2.05) is 27.3 Å². The zero-order valence-electron chi connectivity index (χ0n) is 12.8. The third-order valence-corrected chi connectivity index (χ3v) is 6.18. The molecule has 22 heavy (non-hydrogen) atoms. The van der Waals surface area contributed by atoms with E-state index in [2.05, 4.69) is 0 Å². The second-order valence-electron chi connectivity index (χ2n) is 7.01. The number of piperidine rings is 1. The molecule has 1 aromatic heterocycles. The van der Waals surface area contributed by atoms with Crippen molar-refractivity contribution in [3.05, 3.63) is 22.4 Å². The Morgan fingerprint density at radius 1 is 1.36 bits per heavy atom. The topological polar surface area (TPSA) is 40.6 Å². The zero-order valence-corrected chi connectivity index (χ0v) is 13.6. The lowest BCUT2D eigenvalue weighted by Gasteiger charge is -2.44. The highest BCUT2D eigenvalue weighted by atomic mass is 32.1. The molecule has 1 aliphatic carbocycles. The van der Waals surface area contributed by atoms with Gasteiger partial charge >= 0.3 is 0 Å². The first kappa shape index (κ1) is 14.2. The summed E-state index contributed by atoms with van der Waals surface area (Å²) in [6, 6.07) is 3.82. The van der Waals surface area contributed by atoms with Gasteiger partial charge in [-0.15, -0.1) is 11.3 Å². The van der Waals surface area contributed by atoms with Gasteiger partial charge in [-0.1, -0.05) is 6.07 Å². The monoisotopic (exact) mass is 318 g/mol. The van der Waals surface area contributed by atoms with Crippen molar-refractivity contribution < 1.29 is 9.59 Å². The van der Waals surface area contributed by atoms with Crippen LogP contribution in [-0.2, 0) is 4.79 Å². The van der Waals surface area contributed by atoms with E-state index in [9.17, 15) is 9.59 Å². The van der Waals surface area contributed by atoms with E-state index < -0.39 is 0 Å². The Balaban J connectivity index is 1.57. The third kappa shape index (κ3) is 2.45. The minimum atomic E-state index is -0.245. The van der Waals surface area contributed by atoms with Crippen molar-refractivity contribution in [3.63, 3.8) is 0 Å². The Bertz CT molecular complexity index is 581. The summed E-state index contributed by atoms with van der Waals surface area (Å²) in [4.78, 5) is 30.2. The second kappa shape index (κ2) is 5.37. The molecule has 1 aromatic rings. The van der Waals surface area contributed by atoms with Gasteiger partial charge in [0, 0.05) is 19.6 Å². The number of hydrogen-bond acceptors (Lipinski definition) is 3. The maximum atomic E-state index is 12.9. The summed E-state index contributed by atoms with van der Waals surface area (Å²) in [7, 11) is 0. The van der Waals surface area contributed by atoms with Crippen molar-refractivity contribution in [1.82, 2.24) is 9.80 Å². The fourth-order valence-corrected chi connectivity index (χ4v) is 4.64. The summed E-state index contributed by atoms with van der Waals surface area (Å²) in [6.07, 6.45) is 6.19. The highest BCUT2D eigenvalue weighted by Gasteiger charge is 2.50. The van der Waals surface area contributed by atoms with Crippen molar-refractivity contribution in [1.29, 1.82) is 0 Å². The number of thiophene rings is 1. The summed E-state index contributed by atoms with van der Waals surface area (Å²) in [5, 5.41) is 1.95. The van der Waals surface area contributed by atoms with E-state index in [0.29, 0.717) is 12.3 Å². The first-order valence-corrected chi connectivity index (χ1v) is 9.19. The quantitative estimate of drug-likeness (QED) is 0.860. The van der Waals surface area contributed by atoms with Gasteiger partial charge in [0.15, 0.2) is 0 Å². The van der Waals surface area contributed by atoms with Crippen molar-refractivity contribution in [2.45, 2.75) is 44.1 Å². The summed E-state index contributed by atoms with van der Waals surface area (Å²) >= 11 is 1.50. The molecule has 5 heteroatoms. The van der Waals surface area contributed by atoms with E-state index in [0.717, 1.165) is 43.8 Å².